The Morgan fingerprint density at radius 2 is 1.89 bits per heavy atom. The molecule has 0 N–H and O–H groups in total. The van der Waals surface area contributed by atoms with Gasteiger partial charge in [-0.2, -0.15) is 13.2 Å². The molecule has 0 atom stereocenters. The Bertz CT molecular complexity index is 384. The van der Waals surface area contributed by atoms with Crippen LogP contribution in [0, 0.1) is 0 Å². The Kier molecular flexibility index (Phi) is 6.62. The third-order valence-electron chi connectivity index (χ3n) is 2.60. The molecule has 6 heteroatoms. The first-order valence-electron chi connectivity index (χ1n) is 5.92. The van der Waals surface area contributed by atoms with Crippen LogP contribution in [0.2, 0.25) is 0 Å². The molecule has 2 nitrogen and oxygen atoms in total. The van der Waals surface area contributed by atoms with Gasteiger partial charge in [-0.25, -0.2) is 0 Å². The summed E-state index contributed by atoms with van der Waals surface area (Å²) in [7, 11) is 1.76. The smallest absolute Gasteiger partial charge is 0.379 e. The van der Waals surface area contributed by atoms with E-state index in [1.54, 1.807) is 18.0 Å². The number of benzene rings is 1. The number of halogens is 4. The SMILES string of the molecule is CN(CCOCCCl)Cc1ccccc1C(F)(F)F. The molecule has 0 radical (unpaired) electrons. The second-order valence-corrected chi connectivity index (χ2v) is 4.57. The Morgan fingerprint density at radius 3 is 2.53 bits per heavy atom. The zero-order chi connectivity index (χ0) is 14.3. The molecule has 0 spiro atoms. The summed E-state index contributed by atoms with van der Waals surface area (Å²) in [5.74, 6) is 0.417. The predicted molar refractivity (Wildman–Crippen MR) is 69.3 cm³/mol. The minimum atomic E-state index is -4.31. The Labute approximate surface area is 116 Å². The van der Waals surface area contributed by atoms with Gasteiger partial charge < -0.3 is 4.74 Å². The quantitative estimate of drug-likeness (QED) is 0.565. The largest absolute Gasteiger partial charge is 0.416 e. The number of likely N-dealkylation sites (N-methyl/N-ethyl adjacent to an activating group) is 1. The van der Waals surface area contributed by atoms with Crippen molar-refractivity contribution >= 4 is 11.6 Å². The van der Waals surface area contributed by atoms with E-state index in [0.717, 1.165) is 6.07 Å². The second-order valence-electron chi connectivity index (χ2n) is 4.19. The fraction of sp³-hybridized carbons (Fsp3) is 0.538. The topological polar surface area (TPSA) is 12.5 Å². The zero-order valence-electron chi connectivity index (χ0n) is 10.7. The van der Waals surface area contributed by atoms with E-state index in [4.69, 9.17) is 16.3 Å². The first kappa shape index (κ1) is 16.3. The predicted octanol–water partition coefficient (Wildman–Crippen LogP) is 3.39. The van der Waals surface area contributed by atoms with Gasteiger partial charge in [-0.05, 0) is 18.7 Å². The minimum absolute atomic E-state index is 0.236. The van der Waals surface area contributed by atoms with Crippen LogP contribution in [0.4, 0.5) is 13.2 Å². The standard InChI is InChI=1S/C13H17ClF3NO/c1-18(7-9-19-8-6-14)10-11-4-2-3-5-12(11)13(15,16)17/h2-5H,6-10H2,1H3. The van der Waals surface area contributed by atoms with Gasteiger partial charge in [0, 0.05) is 19.0 Å². The van der Waals surface area contributed by atoms with Gasteiger partial charge in [0.05, 0.1) is 18.8 Å². The van der Waals surface area contributed by atoms with Crippen LogP contribution in [-0.2, 0) is 17.5 Å². The number of hydrogen-bond donors (Lipinski definition) is 0. The number of rotatable bonds is 7. The van der Waals surface area contributed by atoms with Gasteiger partial charge in [0.1, 0.15) is 0 Å². The van der Waals surface area contributed by atoms with E-state index in [-0.39, 0.29) is 12.1 Å². The van der Waals surface area contributed by atoms with Crippen molar-refractivity contribution in [2.75, 3.05) is 32.7 Å². The Hall–Kier alpha value is -0.780. The van der Waals surface area contributed by atoms with Crippen LogP contribution in [0.3, 0.4) is 0 Å². The van der Waals surface area contributed by atoms with Crippen LogP contribution in [0.25, 0.3) is 0 Å². The maximum Gasteiger partial charge on any atom is 0.416 e. The molecular formula is C13H17ClF3NO. The van der Waals surface area contributed by atoms with E-state index in [1.165, 1.54) is 12.1 Å². The highest BCUT2D eigenvalue weighted by molar-refractivity contribution is 6.17. The number of nitrogens with zero attached hydrogens (tertiary/aromatic N) is 1. The van der Waals surface area contributed by atoms with Gasteiger partial charge in [-0.15, -0.1) is 11.6 Å². The van der Waals surface area contributed by atoms with Crippen LogP contribution in [-0.4, -0.2) is 37.6 Å². The Morgan fingerprint density at radius 1 is 1.21 bits per heavy atom. The molecule has 0 bridgehead atoms. The first-order valence-corrected chi connectivity index (χ1v) is 6.46. The third kappa shape index (κ3) is 5.80. The van der Waals surface area contributed by atoms with E-state index < -0.39 is 11.7 Å². The highest BCUT2D eigenvalue weighted by Gasteiger charge is 2.32. The molecule has 108 valence electrons. The Balaban J connectivity index is 2.57. The van der Waals surface area contributed by atoms with E-state index in [9.17, 15) is 13.2 Å². The van der Waals surface area contributed by atoms with Gasteiger partial charge >= 0.3 is 6.18 Å². The van der Waals surface area contributed by atoms with Crippen molar-refractivity contribution in [2.24, 2.45) is 0 Å². The summed E-state index contributed by atoms with van der Waals surface area (Å²) in [5.41, 5.74) is -0.307. The van der Waals surface area contributed by atoms with Crippen LogP contribution in [0.1, 0.15) is 11.1 Å². The number of hydrogen-bond acceptors (Lipinski definition) is 2. The van der Waals surface area contributed by atoms with Crippen LogP contribution < -0.4 is 0 Å². The lowest BCUT2D eigenvalue weighted by Gasteiger charge is -2.19. The van der Waals surface area contributed by atoms with Crippen molar-refractivity contribution in [3.63, 3.8) is 0 Å². The molecular weight excluding hydrogens is 279 g/mol. The lowest BCUT2D eigenvalue weighted by atomic mass is 10.1. The molecule has 0 heterocycles. The first-order chi connectivity index (χ1) is 8.95. The molecule has 1 aromatic carbocycles. The van der Waals surface area contributed by atoms with Gasteiger partial charge in [0.15, 0.2) is 0 Å². The highest BCUT2D eigenvalue weighted by Crippen LogP contribution is 2.32. The zero-order valence-corrected chi connectivity index (χ0v) is 11.5. The molecule has 19 heavy (non-hydrogen) atoms. The van der Waals surface area contributed by atoms with Crippen molar-refractivity contribution in [2.45, 2.75) is 12.7 Å². The molecule has 0 saturated carbocycles. The molecule has 1 rings (SSSR count). The van der Waals surface area contributed by atoms with E-state index in [2.05, 4.69) is 0 Å². The molecule has 0 aliphatic rings. The van der Waals surface area contributed by atoms with Crippen molar-refractivity contribution in [1.82, 2.24) is 4.90 Å². The van der Waals surface area contributed by atoms with E-state index >= 15 is 0 Å². The molecule has 0 fully saturated rings. The van der Waals surface area contributed by atoms with Crippen molar-refractivity contribution < 1.29 is 17.9 Å². The number of alkyl halides is 4. The van der Waals surface area contributed by atoms with Crippen molar-refractivity contribution in [3.8, 4) is 0 Å². The minimum Gasteiger partial charge on any atom is -0.379 e. The van der Waals surface area contributed by atoms with Gasteiger partial charge in [0.2, 0.25) is 0 Å². The fourth-order valence-electron chi connectivity index (χ4n) is 1.68. The molecule has 0 saturated heterocycles. The summed E-state index contributed by atoms with van der Waals surface area (Å²) >= 11 is 5.45. The lowest BCUT2D eigenvalue weighted by molar-refractivity contribution is -0.138. The molecule has 1 aromatic rings. The number of ether oxygens (including phenoxy) is 1. The summed E-state index contributed by atoms with van der Waals surface area (Å²) in [6, 6.07) is 5.62. The summed E-state index contributed by atoms with van der Waals surface area (Å²) in [4.78, 5) is 1.79. The van der Waals surface area contributed by atoms with Gasteiger partial charge in [-0.3, -0.25) is 4.90 Å². The van der Waals surface area contributed by atoms with Gasteiger partial charge in [0.25, 0.3) is 0 Å². The summed E-state index contributed by atoms with van der Waals surface area (Å²) < 4.78 is 43.6. The molecule has 0 aliphatic carbocycles. The van der Waals surface area contributed by atoms with Crippen LogP contribution in [0.15, 0.2) is 24.3 Å². The molecule has 0 amide bonds. The second kappa shape index (κ2) is 7.72. The summed E-state index contributed by atoms with van der Waals surface area (Å²) in [6.45, 7) is 1.70. The maximum atomic E-state index is 12.8. The van der Waals surface area contributed by atoms with Crippen molar-refractivity contribution in [3.05, 3.63) is 35.4 Å². The van der Waals surface area contributed by atoms with E-state index in [1.807, 2.05) is 0 Å². The third-order valence-corrected chi connectivity index (χ3v) is 2.76. The van der Waals surface area contributed by atoms with Gasteiger partial charge in [-0.1, -0.05) is 18.2 Å². The summed E-state index contributed by atoms with van der Waals surface area (Å²) in [6.07, 6.45) is -4.31. The molecule has 0 unspecified atom stereocenters. The highest BCUT2D eigenvalue weighted by atomic mass is 35.5. The lowest BCUT2D eigenvalue weighted by Crippen LogP contribution is -2.24. The average Bonchev–Trinajstić information content (AvgIpc) is 2.34. The normalized spacial score (nSPS) is 12.1. The molecule has 0 aromatic heterocycles. The summed E-state index contributed by atoms with van der Waals surface area (Å²) in [5, 5.41) is 0. The molecule has 0 aliphatic heterocycles. The van der Waals surface area contributed by atoms with Crippen molar-refractivity contribution in [1.29, 1.82) is 0 Å². The monoisotopic (exact) mass is 295 g/mol. The van der Waals surface area contributed by atoms with E-state index in [0.29, 0.717) is 25.6 Å². The maximum absolute atomic E-state index is 12.8. The van der Waals surface area contributed by atoms with Crippen LogP contribution in [0.5, 0.6) is 0 Å². The van der Waals surface area contributed by atoms with Crippen LogP contribution >= 0.6 is 11.6 Å². The average molecular weight is 296 g/mol. The fourth-order valence-corrected chi connectivity index (χ4v) is 1.79.